The monoisotopic (exact) mass is 296 g/mol. The summed E-state index contributed by atoms with van der Waals surface area (Å²) in [5, 5.41) is 12.2. The molecule has 0 saturated heterocycles. The highest BCUT2D eigenvalue weighted by atomic mass is 19.2. The summed E-state index contributed by atoms with van der Waals surface area (Å²) >= 11 is 0. The lowest BCUT2D eigenvalue weighted by atomic mass is 10.1. The van der Waals surface area contributed by atoms with Crippen molar-refractivity contribution < 1.29 is 17.6 Å². The van der Waals surface area contributed by atoms with Crippen LogP contribution in [0.1, 0.15) is 11.1 Å². The second kappa shape index (κ2) is 5.28. The third kappa shape index (κ3) is 2.12. The van der Waals surface area contributed by atoms with Gasteiger partial charge in [0.05, 0.1) is 6.20 Å². The van der Waals surface area contributed by atoms with Crippen LogP contribution in [-0.4, -0.2) is 9.78 Å². The van der Waals surface area contributed by atoms with E-state index in [9.17, 15) is 17.6 Å². The highest BCUT2D eigenvalue weighted by Crippen LogP contribution is 2.29. The second-order valence-electron chi connectivity index (χ2n) is 4.04. The van der Waals surface area contributed by atoms with E-state index in [1.165, 1.54) is 0 Å². The zero-order valence-electron chi connectivity index (χ0n) is 10.5. The van der Waals surface area contributed by atoms with Crippen molar-refractivity contribution in [3.8, 4) is 11.8 Å². The standard InChI is InChI=1S/C13H8F4N4/c1-2-3-7-8(14)10(16)12(11(17)9(7)15)21-13(19)6(4-18)5-20-21/h2,5H,1,3,19H2. The molecular weight excluding hydrogens is 288 g/mol. The number of allylic oxidation sites excluding steroid dienone is 1. The normalized spacial score (nSPS) is 10.4. The van der Waals surface area contributed by atoms with Gasteiger partial charge in [0.2, 0.25) is 0 Å². The number of anilines is 1. The molecule has 21 heavy (non-hydrogen) atoms. The first kappa shape index (κ1) is 14.6. The second-order valence-corrected chi connectivity index (χ2v) is 4.04. The van der Waals surface area contributed by atoms with Gasteiger partial charge >= 0.3 is 0 Å². The molecule has 1 aromatic heterocycles. The highest BCUT2D eigenvalue weighted by Gasteiger charge is 2.27. The predicted molar refractivity (Wildman–Crippen MR) is 66.4 cm³/mol. The minimum absolute atomic E-state index is 0.176. The smallest absolute Gasteiger partial charge is 0.188 e. The van der Waals surface area contributed by atoms with E-state index in [2.05, 4.69) is 11.7 Å². The summed E-state index contributed by atoms with van der Waals surface area (Å²) in [4.78, 5) is 0. The summed E-state index contributed by atoms with van der Waals surface area (Å²) < 4.78 is 56.1. The van der Waals surface area contributed by atoms with Gasteiger partial charge in [0.25, 0.3) is 0 Å². The summed E-state index contributed by atoms with van der Waals surface area (Å²) in [5.74, 6) is -6.84. The summed E-state index contributed by atoms with van der Waals surface area (Å²) in [6.07, 6.45) is 1.65. The van der Waals surface area contributed by atoms with Crippen LogP contribution >= 0.6 is 0 Å². The zero-order chi connectivity index (χ0) is 15.7. The minimum atomic E-state index is -1.65. The molecular formula is C13H8F4N4. The third-order valence-electron chi connectivity index (χ3n) is 2.82. The van der Waals surface area contributed by atoms with Gasteiger partial charge in [0, 0.05) is 5.56 Å². The van der Waals surface area contributed by atoms with E-state index in [1.807, 2.05) is 0 Å². The van der Waals surface area contributed by atoms with Crippen LogP contribution in [0.3, 0.4) is 0 Å². The van der Waals surface area contributed by atoms with Crippen molar-refractivity contribution in [1.29, 1.82) is 5.26 Å². The van der Waals surface area contributed by atoms with Crippen LogP contribution in [0.25, 0.3) is 5.69 Å². The van der Waals surface area contributed by atoms with Gasteiger partial charge in [-0.3, -0.25) is 0 Å². The summed E-state index contributed by atoms with van der Waals surface area (Å²) in [6.45, 7) is 3.25. The minimum Gasteiger partial charge on any atom is -0.382 e. The van der Waals surface area contributed by atoms with Crippen molar-refractivity contribution in [3.63, 3.8) is 0 Å². The average Bonchev–Trinajstić information content (AvgIpc) is 2.83. The quantitative estimate of drug-likeness (QED) is 0.538. The van der Waals surface area contributed by atoms with Gasteiger partial charge in [-0.15, -0.1) is 6.58 Å². The lowest BCUT2D eigenvalue weighted by Gasteiger charge is -2.12. The Morgan fingerprint density at radius 2 is 1.81 bits per heavy atom. The number of halogens is 4. The van der Waals surface area contributed by atoms with Crippen molar-refractivity contribution >= 4 is 5.82 Å². The predicted octanol–water partition coefficient (Wildman–Crippen LogP) is 2.61. The van der Waals surface area contributed by atoms with Gasteiger partial charge in [0.1, 0.15) is 23.1 Å². The van der Waals surface area contributed by atoms with Gasteiger partial charge in [-0.1, -0.05) is 6.08 Å². The van der Waals surface area contributed by atoms with Gasteiger partial charge in [0.15, 0.2) is 23.3 Å². The van der Waals surface area contributed by atoms with E-state index in [1.54, 1.807) is 6.07 Å². The largest absolute Gasteiger partial charge is 0.382 e. The molecule has 108 valence electrons. The van der Waals surface area contributed by atoms with Crippen LogP contribution < -0.4 is 5.73 Å². The molecule has 4 nitrogen and oxygen atoms in total. The lowest BCUT2D eigenvalue weighted by molar-refractivity contribution is 0.434. The Hall–Kier alpha value is -2.82. The molecule has 0 amide bonds. The molecule has 0 aliphatic rings. The fraction of sp³-hybridized carbons (Fsp3) is 0.0769. The van der Waals surface area contributed by atoms with Crippen molar-refractivity contribution in [2.24, 2.45) is 0 Å². The number of benzene rings is 1. The average molecular weight is 296 g/mol. The van der Waals surface area contributed by atoms with Crippen LogP contribution in [-0.2, 0) is 6.42 Å². The van der Waals surface area contributed by atoms with E-state index < -0.39 is 40.3 Å². The fourth-order valence-electron chi connectivity index (χ4n) is 1.80. The fourth-order valence-corrected chi connectivity index (χ4v) is 1.80. The van der Waals surface area contributed by atoms with Gasteiger partial charge in [-0.05, 0) is 6.42 Å². The molecule has 0 atom stereocenters. The number of nitrogens with zero attached hydrogens (tertiary/aromatic N) is 3. The SMILES string of the molecule is C=CCc1c(F)c(F)c(-n2ncc(C#N)c2N)c(F)c1F. The molecule has 0 fully saturated rings. The van der Waals surface area contributed by atoms with Crippen molar-refractivity contribution in [2.45, 2.75) is 6.42 Å². The summed E-state index contributed by atoms with van der Waals surface area (Å²) in [6, 6.07) is 1.63. The van der Waals surface area contributed by atoms with Crippen LogP contribution in [0, 0.1) is 34.6 Å². The Kier molecular flexibility index (Phi) is 3.67. The van der Waals surface area contributed by atoms with Gasteiger partial charge in [-0.25, -0.2) is 22.2 Å². The van der Waals surface area contributed by atoms with Gasteiger partial charge < -0.3 is 5.73 Å². The molecule has 0 aliphatic carbocycles. The number of nitrogens with two attached hydrogens (primary N) is 1. The molecule has 2 N–H and O–H groups in total. The number of hydrogen-bond donors (Lipinski definition) is 1. The first-order chi connectivity index (χ1) is 9.93. The number of nitriles is 1. The molecule has 8 heteroatoms. The third-order valence-corrected chi connectivity index (χ3v) is 2.82. The molecule has 1 heterocycles. The summed E-state index contributed by atoms with van der Waals surface area (Å²) in [5.41, 5.74) is 3.39. The lowest BCUT2D eigenvalue weighted by Crippen LogP contribution is -2.13. The van der Waals surface area contributed by atoms with Crippen LogP contribution in [0.15, 0.2) is 18.9 Å². The van der Waals surface area contributed by atoms with Crippen molar-refractivity contribution in [3.05, 3.63) is 53.2 Å². The Bertz CT molecular complexity index is 744. The first-order valence-electron chi connectivity index (χ1n) is 5.63. The number of rotatable bonds is 3. The van der Waals surface area contributed by atoms with E-state index in [-0.39, 0.29) is 12.0 Å². The molecule has 0 saturated carbocycles. The molecule has 2 aromatic rings. The van der Waals surface area contributed by atoms with Crippen molar-refractivity contribution in [1.82, 2.24) is 9.78 Å². The Balaban J connectivity index is 2.79. The van der Waals surface area contributed by atoms with E-state index in [0.717, 1.165) is 12.3 Å². The topological polar surface area (TPSA) is 67.6 Å². The molecule has 0 bridgehead atoms. The Morgan fingerprint density at radius 3 is 2.24 bits per heavy atom. The van der Waals surface area contributed by atoms with E-state index >= 15 is 0 Å². The Morgan fingerprint density at radius 1 is 1.24 bits per heavy atom. The highest BCUT2D eigenvalue weighted by molar-refractivity contribution is 5.54. The number of aromatic nitrogens is 2. The molecule has 0 aliphatic heterocycles. The van der Waals surface area contributed by atoms with Crippen molar-refractivity contribution in [2.75, 3.05) is 5.73 Å². The first-order valence-corrected chi connectivity index (χ1v) is 5.63. The maximum Gasteiger partial charge on any atom is 0.188 e. The molecule has 0 unspecified atom stereocenters. The molecule has 0 radical (unpaired) electrons. The Labute approximate surface area is 116 Å². The maximum atomic E-state index is 14.0. The maximum absolute atomic E-state index is 14.0. The summed E-state index contributed by atoms with van der Waals surface area (Å²) in [7, 11) is 0. The molecule has 2 rings (SSSR count). The van der Waals surface area contributed by atoms with Crippen LogP contribution in [0.5, 0.6) is 0 Å². The van der Waals surface area contributed by atoms with Crippen LogP contribution in [0.4, 0.5) is 23.4 Å². The van der Waals surface area contributed by atoms with Gasteiger partial charge in [-0.2, -0.15) is 10.4 Å². The number of hydrogen-bond acceptors (Lipinski definition) is 3. The molecule has 1 aromatic carbocycles. The zero-order valence-corrected chi connectivity index (χ0v) is 10.5. The van der Waals surface area contributed by atoms with E-state index in [0.29, 0.717) is 4.68 Å². The number of nitrogen functional groups attached to an aromatic ring is 1. The van der Waals surface area contributed by atoms with E-state index in [4.69, 9.17) is 11.0 Å². The van der Waals surface area contributed by atoms with Crippen LogP contribution in [0.2, 0.25) is 0 Å². The molecule has 0 spiro atoms.